The van der Waals surface area contributed by atoms with Crippen LogP contribution in [0.1, 0.15) is 55.6 Å². The molecule has 2 rings (SSSR count). The average Bonchev–Trinajstić information content (AvgIpc) is 2.42. The van der Waals surface area contributed by atoms with Crippen molar-refractivity contribution in [1.29, 1.82) is 0 Å². The van der Waals surface area contributed by atoms with Gasteiger partial charge in [-0.15, -0.1) is 5.60 Å². The molecule has 0 spiro atoms. The van der Waals surface area contributed by atoms with Crippen molar-refractivity contribution in [2.24, 2.45) is 5.16 Å². The zero-order chi connectivity index (χ0) is 18.7. The van der Waals surface area contributed by atoms with Gasteiger partial charge in [-0.3, -0.25) is 9.59 Å². The number of hydrogen-bond acceptors (Lipinski definition) is 5. The fourth-order valence-corrected chi connectivity index (χ4v) is 2.48. The molecule has 0 saturated heterocycles. The minimum absolute atomic E-state index is 0. The van der Waals surface area contributed by atoms with E-state index in [1.54, 1.807) is 26.8 Å². The topological polar surface area (TPSA) is 102 Å². The molecule has 0 aromatic heterocycles. The van der Waals surface area contributed by atoms with Gasteiger partial charge in [0.05, 0.1) is 11.3 Å². The number of carbonyl (C=O) groups excluding carboxylic acids is 2. The molecule has 1 aromatic rings. The van der Waals surface area contributed by atoms with E-state index in [9.17, 15) is 14.7 Å². The standard InChI is InChI=1S/C13H13ClN2O3.C4H9O.K/c1-6-8-3-4-10(16-19)13(18)12(8)11(5-9(6)14)15-7(2)17;1-4(2,3)5;/h5,19H,3-4H2,1-2H3,(H,15,17);1-3H3;/q;-1;+1. The molecule has 0 atom stereocenters. The number of rotatable bonds is 1. The third kappa shape index (κ3) is 7.46. The van der Waals surface area contributed by atoms with E-state index in [1.807, 2.05) is 6.92 Å². The van der Waals surface area contributed by atoms with Crippen LogP contribution in [0.4, 0.5) is 5.69 Å². The number of anilines is 1. The van der Waals surface area contributed by atoms with Crippen LogP contribution >= 0.6 is 11.6 Å². The van der Waals surface area contributed by atoms with Crippen molar-refractivity contribution in [1.82, 2.24) is 0 Å². The van der Waals surface area contributed by atoms with Gasteiger partial charge in [0.1, 0.15) is 5.71 Å². The van der Waals surface area contributed by atoms with Gasteiger partial charge in [0, 0.05) is 18.4 Å². The quantitative estimate of drug-likeness (QED) is 0.389. The van der Waals surface area contributed by atoms with Crippen molar-refractivity contribution in [2.45, 2.75) is 53.1 Å². The Balaban J connectivity index is 0.000000848. The van der Waals surface area contributed by atoms with Crippen LogP contribution in [0.2, 0.25) is 5.02 Å². The summed E-state index contributed by atoms with van der Waals surface area (Å²) in [6, 6.07) is 1.55. The molecule has 2 N–H and O–H groups in total. The molecular formula is C17H22ClKN2O4. The van der Waals surface area contributed by atoms with Crippen LogP contribution < -0.4 is 61.8 Å². The van der Waals surface area contributed by atoms with E-state index in [0.29, 0.717) is 29.1 Å². The normalized spacial score (nSPS) is 14.8. The number of hydrogen-bond donors (Lipinski definition) is 2. The molecule has 0 bridgehead atoms. The number of benzene rings is 1. The third-order valence-electron chi connectivity index (χ3n) is 3.19. The predicted molar refractivity (Wildman–Crippen MR) is 92.1 cm³/mol. The molecule has 1 aliphatic carbocycles. The van der Waals surface area contributed by atoms with E-state index in [1.165, 1.54) is 6.92 Å². The van der Waals surface area contributed by atoms with Crippen molar-refractivity contribution in [3.8, 4) is 0 Å². The monoisotopic (exact) mass is 392 g/mol. The molecule has 0 radical (unpaired) electrons. The summed E-state index contributed by atoms with van der Waals surface area (Å²) < 4.78 is 0. The number of Topliss-reactive ketones (excluding diaryl/α,β-unsaturated/α-hetero) is 1. The van der Waals surface area contributed by atoms with E-state index < -0.39 is 5.60 Å². The maximum Gasteiger partial charge on any atom is 1.00 e. The van der Waals surface area contributed by atoms with Gasteiger partial charge in [-0.05, 0) is 30.5 Å². The summed E-state index contributed by atoms with van der Waals surface area (Å²) in [5.41, 5.74) is 1.70. The summed E-state index contributed by atoms with van der Waals surface area (Å²) in [7, 11) is 0. The van der Waals surface area contributed by atoms with Crippen molar-refractivity contribution in [3.05, 3.63) is 27.8 Å². The smallest absolute Gasteiger partial charge is 0.850 e. The number of fused-ring (bicyclic) bond motifs is 1. The van der Waals surface area contributed by atoms with Crippen LogP contribution in [0.15, 0.2) is 11.2 Å². The molecule has 1 aliphatic rings. The first-order valence-electron chi connectivity index (χ1n) is 7.51. The Labute approximate surface area is 195 Å². The summed E-state index contributed by atoms with van der Waals surface area (Å²) in [6.45, 7) is 8.08. The van der Waals surface area contributed by atoms with Crippen LogP contribution in [-0.2, 0) is 11.2 Å². The molecule has 6 nitrogen and oxygen atoms in total. The summed E-state index contributed by atoms with van der Waals surface area (Å²) in [6.07, 6.45) is 0.919. The molecule has 1 aromatic carbocycles. The minimum atomic E-state index is -0.750. The van der Waals surface area contributed by atoms with E-state index in [2.05, 4.69) is 10.5 Å². The average molecular weight is 393 g/mol. The molecule has 0 unspecified atom stereocenters. The van der Waals surface area contributed by atoms with E-state index in [0.717, 1.165) is 11.1 Å². The number of nitrogens with zero attached hydrogens (tertiary/aromatic N) is 1. The molecule has 0 saturated carbocycles. The van der Waals surface area contributed by atoms with Gasteiger partial charge in [0.2, 0.25) is 11.7 Å². The summed E-state index contributed by atoms with van der Waals surface area (Å²) in [5.74, 6) is -0.657. The van der Waals surface area contributed by atoms with E-state index in [4.69, 9.17) is 16.8 Å². The van der Waals surface area contributed by atoms with Crippen molar-refractivity contribution >= 4 is 34.7 Å². The van der Waals surface area contributed by atoms with Crippen molar-refractivity contribution in [2.75, 3.05) is 5.32 Å². The Morgan fingerprint density at radius 3 is 2.32 bits per heavy atom. The van der Waals surface area contributed by atoms with Crippen molar-refractivity contribution < 1.29 is 71.3 Å². The molecule has 25 heavy (non-hydrogen) atoms. The first-order valence-corrected chi connectivity index (χ1v) is 7.89. The van der Waals surface area contributed by atoms with Gasteiger partial charge < -0.3 is 15.6 Å². The largest absolute Gasteiger partial charge is 1.00 e. The number of amides is 1. The first-order chi connectivity index (χ1) is 11.0. The Morgan fingerprint density at radius 2 is 1.88 bits per heavy atom. The van der Waals surface area contributed by atoms with Crippen LogP contribution in [0.5, 0.6) is 0 Å². The van der Waals surface area contributed by atoms with E-state index in [-0.39, 0.29) is 68.8 Å². The Morgan fingerprint density at radius 1 is 1.36 bits per heavy atom. The summed E-state index contributed by atoms with van der Waals surface area (Å²) in [5, 5.41) is 25.1. The minimum Gasteiger partial charge on any atom is -0.850 e. The maximum absolute atomic E-state index is 12.2. The third-order valence-corrected chi connectivity index (χ3v) is 3.58. The van der Waals surface area contributed by atoms with E-state index >= 15 is 0 Å². The van der Waals surface area contributed by atoms with Gasteiger partial charge in [0.15, 0.2) is 0 Å². The SMILES string of the molecule is CC(=O)Nc1cc(Cl)c(C)c2c1C(=O)C(=NO)CC2.CC(C)(C)[O-].[K+]. The van der Waals surface area contributed by atoms with Crippen LogP contribution in [0, 0.1) is 6.92 Å². The Kier molecular flexibility index (Phi) is 10.0. The van der Waals surface area contributed by atoms with Gasteiger partial charge in [-0.2, -0.15) is 0 Å². The second kappa shape index (κ2) is 10.2. The summed E-state index contributed by atoms with van der Waals surface area (Å²) >= 11 is 6.11. The number of ketones is 1. The molecule has 132 valence electrons. The molecule has 8 heteroatoms. The summed E-state index contributed by atoms with van der Waals surface area (Å²) in [4.78, 5) is 23.4. The maximum atomic E-state index is 12.2. The zero-order valence-electron chi connectivity index (χ0n) is 15.5. The van der Waals surface area contributed by atoms with Crippen LogP contribution in [-0.4, -0.2) is 28.2 Å². The zero-order valence-corrected chi connectivity index (χ0v) is 19.4. The predicted octanol–water partition coefficient (Wildman–Crippen LogP) is -0.285. The molecule has 0 fully saturated rings. The second-order valence-electron chi connectivity index (χ2n) is 6.55. The van der Waals surface area contributed by atoms with Gasteiger partial charge in [-0.25, -0.2) is 0 Å². The molecule has 1 amide bonds. The van der Waals surface area contributed by atoms with Crippen LogP contribution in [0.3, 0.4) is 0 Å². The number of carbonyl (C=O) groups is 2. The fourth-order valence-electron chi connectivity index (χ4n) is 2.26. The van der Waals surface area contributed by atoms with Gasteiger partial charge in [-0.1, -0.05) is 37.5 Å². The first kappa shape index (κ1) is 24.7. The second-order valence-corrected chi connectivity index (χ2v) is 6.96. The van der Waals surface area contributed by atoms with Gasteiger partial charge in [0.25, 0.3) is 0 Å². The molecule has 0 aliphatic heterocycles. The van der Waals surface area contributed by atoms with Crippen molar-refractivity contribution in [3.63, 3.8) is 0 Å². The molecular weight excluding hydrogens is 371 g/mol. The number of halogens is 1. The Hall–Kier alpha value is -0.284. The number of oxime groups is 1. The van der Waals surface area contributed by atoms with Gasteiger partial charge >= 0.3 is 51.4 Å². The van der Waals surface area contributed by atoms with Crippen LogP contribution in [0.25, 0.3) is 0 Å². The number of nitrogens with one attached hydrogen (secondary N) is 1. The molecule has 0 heterocycles. The Bertz CT molecular complexity index is 691. The fraction of sp³-hybridized carbons (Fsp3) is 0.471.